The van der Waals surface area contributed by atoms with Crippen molar-refractivity contribution in [1.82, 2.24) is 5.43 Å². The van der Waals surface area contributed by atoms with Crippen molar-refractivity contribution in [1.29, 1.82) is 0 Å². The van der Waals surface area contributed by atoms with Gasteiger partial charge in [0.1, 0.15) is 12.4 Å². The molecule has 0 heterocycles. The van der Waals surface area contributed by atoms with Crippen molar-refractivity contribution in [2.75, 3.05) is 7.11 Å². The highest BCUT2D eigenvalue weighted by atomic mass is 35.5. The van der Waals surface area contributed by atoms with E-state index < -0.39 is 16.9 Å². The zero-order chi connectivity index (χ0) is 25.4. The fourth-order valence-corrected chi connectivity index (χ4v) is 3.36. The van der Waals surface area contributed by atoms with Crippen LogP contribution < -0.4 is 19.6 Å². The molecule has 0 unspecified atom stereocenters. The molecule has 0 aromatic heterocycles. The fraction of sp³-hybridized carbons (Fsp3) is 0.167. The lowest BCUT2D eigenvalue weighted by molar-refractivity contribution is -0.385. The Balaban J connectivity index is 1.71. The number of methoxy groups -OCH3 is 1. The van der Waals surface area contributed by atoms with Gasteiger partial charge in [0.2, 0.25) is 0 Å². The molecular weight excluding hydrogens is 497 g/mol. The molecule has 0 aliphatic carbocycles. The van der Waals surface area contributed by atoms with Gasteiger partial charge in [-0.25, -0.2) is 5.43 Å². The lowest BCUT2D eigenvalue weighted by Crippen LogP contribution is -2.33. The van der Waals surface area contributed by atoms with Gasteiger partial charge in [0.15, 0.2) is 17.6 Å². The van der Waals surface area contributed by atoms with Gasteiger partial charge in [0, 0.05) is 5.02 Å². The maximum absolute atomic E-state index is 12.3. The summed E-state index contributed by atoms with van der Waals surface area (Å²) in [7, 11) is 1.42. The monoisotopic (exact) mass is 517 g/mol. The van der Waals surface area contributed by atoms with Gasteiger partial charge < -0.3 is 14.2 Å². The van der Waals surface area contributed by atoms with Crippen LogP contribution in [0.3, 0.4) is 0 Å². The second kappa shape index (κ2) is 12.0. The lowest BCUT2D eigenvalue weighted by atomic mass is 10.1. The molecule has 0 spiro atoms. The first kappa shape index (κ1) is 25.8. The number of amides is 1. The van der Waals surface area contributed by atoms with Crippen molar-refractivity contribution >= 4 is 41.0 Å². The number of ether oxygens (including phenoxy) is 3. The van der Waals surface area contributed by atoms with Crippen molar-refractivity contribution in [2.45, 2.75) is 19.6 Å². The van der Waals surface area contributed by atoms with E-state index in [1.54, 1.807) is 6.07 Å². The average molecular weight is 518 g/mol. The highest BCUT2D eigenvalue weighted by Crippen LogP contribution is 2.34. The number of benzene rings is 3. The van der Waals surface area contributed by atoms with Crippen LogP contribution >= 0.6 is 23.2 Å². The number of carbonyl (C=O) groups is 1. The van der Waals surface area contributed by atoms with Gasteiger partial charge in [-0.05, 0) is 36.8 Å². The molecule has 3 aromatic carbocycles. The van der Waals surface area contributed by atoms with Crippen LogP contribution in [0.1, 0.15) is 18.1 Å². The normalized spacial score (nSPS) is 11.7. The molecule has 0 aliphatic rings. The number of hydrogen-bond acceptors (Lipinski definition) is 7. The molecule has 0 aliphatic heterocycles. The number of halogens is 2. The third-order valence-electron chi connectivity index (χ3n) is 4.69. The summed E-state index contributed by atoms with van der Waals surface area (Å²) >= 11 is 11.9. The predicted octanol–water partition coefficient (Wildman–Crippen LogP) is 5.41. The highest BCUT2D eigenvalue weighted by Gasteiger charge is 2.20. The molecule has 3 aromatic rings. The Hall–Kier alpha value is -3.82. The largest absolute Gasteiger partial charge is 0.493 e. The summed E-state index contributed by atoms with van der Waals surface area (Å²) in [6.45, 7) is 1.70. The Morgan fingerprint density at radius 2 is 1.86 bits per heavy atom. The number of nitro groups is 1. The summed E-state index contributed by atoms with van der Waals surface area (Å²) in [6.07, 6.45) is 0.186. The second-order valence-corrected chi connectivity index (χ2v) is 8.01. The second-order valence-electron chi connectivity index (χ2n) is 7.16. The van der Waals surface area contributed by atoms with Gasteiger partial charge >= 0.3 is 0 Å². The third-order valence-corrected chi connectivity index (χ3v) is 5.22. The molecule has 1 atom stereocenters. The molecule has 35 heavy (non-hydrogen) atoms. The number of nitro benzene ring substituents is 1. The molecule has 0 radical (unpaired) electrons. The summed E-state index contributed by atoms with van der Waals surface area (Å²) in [5.41, 5.74) is 3.01. The molecular formula is C24H21Cl2N3O6. The van der Waals surface area contributed by atoms with Crippen molar-refractivity contribution in [3.8, 4) is 17.2 Å². The quantitative estimate of drug-likeness (QED) is 0.218. The Morgan fingerprint density at radius 1 is 1.11 bits per heavy atom. The van der Waals surface area contributed by atoms with Gasteiger partial charge in [-0.3, -0.25) is 14.9 Å². The number of rotatable bonds is 10. The third kappa shape index (κ3) is 7.08. The van der Waals surface area contributed by atoms with Crippen LogP contribution in [-0.2, 0) is 11.4 Å². The average Bonchev–Trinajstić information content (AvgIpc) is 2.84. The molecule has 1 N–H and O–H groups in total. The molecule has 182 valence electrons. The molecule has 0 saturated heterocycles. The van der Waals surface area contributed by atoms with Crippen LogP contribution in [0.2, 0.25) is 10.0 Å². The zero-order valence-corrected chi connectivity index (χ0v) is 20.2. The van der Waals surface area contributed by atoms with Gasteiger partial charge in [-0.1, -0.05) is 53.5 Å². The summed E-state index contributed by atoms with van der Waals surface area (Å²) in [5.74, 6) is 0.151. The van der Waals surface area contributed by atoms with Crippen LogP contribution in [0.15, 0.2) is 65.8 Å². The molecule has 0 fully saturated rings. The van der Waals surface area contributed by atoms with Gasteiger partial charge in [-0.15, -0.1) is 0 Å². The number of hydrazone groups is 1. The maximum Gasteiger partial charge on any atom is 0.282 e. The Labute approximate surface area is 211 Å². The molecule has 0 bridgehead atoms. The van der Waals surface area contributed by atoms with Crippen LogP contribution in [0.5, 0.6) is 17.2 Å². The summed E-state index contributed by atoms with van der Waals surface area (Å²) in [5, 5.41) is 16.1. The lowest BCUT2D eigenvalue weighted by Gasteiger charge is -2.14. The minimum absolute atomic E-state index is 0.105. The van der Waals surface area contributed by atoms with Crippen molar-refractivity contribution in [3.05, 3.63) is 92.0 Å². The van der Waals surface area contributed by atoms with Gasteiger partial charge in [0.05, 0.1) is 34.9 Å². The summed E-state index contributed by atoms with van der Waals surface area (Å²) in [6, 6.07) is 16.6. The van der Waals surface area contributed by atoms with Crippen LogP contribution in [-0.4, -0.2) is 30.3 Å². The Kier molecular flexibility index (Phi) is 8.88. The van der Waals surface area contributed by atoms with Gasteiger partial charge in [0.25, 0.3) is 11.6 Å². The van der Waals surface area contributed by atoms with Crippen LogP contribution in [0.25, 0.3) is 0 Å². The molecule has 11 heteroatoms. The zero-order valence-electron chi connectivity index (χ0n) is 18.7. The van der Waals surface area contributed by atoms with E-state index in [0.717, 1.165) is 11.8 Å². The van der Waals surface area contributed by atoms with E-state index in [1.807, 2.05) is 30.3 Å². The number of nitrogens with one attached hydrogen (secondary N) is 1. The van der Waals surface area contributed by atoms with E-state index >= 15 is 0 Å². The molecule has 3 rings (SSSR count). The predicted molar refractivity (Wildman–Crippen MR) is 133 cm³/mol. The van der Waals surface area contributed by atoms with Crippen LogP contribution in [0, 0.1) is 10.1 Å². The standard InChI is InChI=1S/C24H21Cl2N3O6/c1-15(35-21-9-8-18(25)11-19(21)26)24(30)28-27-13-17-10-22(33-2)23(12-20(17)29(31)32)34-14-16-6-4-3-5-7-16/h3-13,15H,14H2,1-2H3,(H,28,30)/b27-13-/t15-/m1/s1. The van der Waals surface area contributed by atoms with Crippen molar-refractivity contribution in [2.24, 2.45) is 5.10 Å². The number of carbonyl (C=O) groups excluding carboxylic acids is 1. The van der Waals surface area contributed by atoms with Crippen molar-refractivity contribution < 1.29 is 23.9 Å². The maximum atomic E-state index is 12.3. The minimum Gasteiger partial charge on any atom is -0.493 e. The smallest absolute Gasteiger partial charge is 0.282 e. The Bertz CT molecular complexity index is 1240. The minimum atomic E-state index is -0.955. The number of hydrogen-bond donors (Lipinski definition) is 1. The van der Waals surface area contributed by atoms with E-state index in [-0.39, 0.29) is 40.1 Å². The van der Waals surface area contributed by atoms with E-state index in [0.29, 0.717) is 5.02 Å². The number of nitrogens with zero attached hydrogens (tertiary/aromatic N) is 2. The van der Waals surface area contributed by atoms with Gasteiger partial charge in [-0.2, -0.15) is 5.10 Å². The topological polar surface area (TPSA) is 112 Å². The summed E-state index contributed by atoms with van der Waals surface area (Å²) in [4.78, 5) is 23.4. The fourth-order valence-electron chi connectivity index (χ4n) is 2.91. The van der Waals surface area contributed by atoms with Crippen molar-refractivity contribution in [3.63, 3.8) is 0 Å². The molecule has 1 amide bonds. The SMILES string of the molecule is COc1cc(/C=N\NC(=O)[C@@H](C)Oc2ccc(Cl)cc2Cl)c([N+](=O)[O-])cc1OCc1ccccc1. The van der Waals surface area contributed by atoms with Crippen LogP contribution in [0.4, 0.5) is 5.69 Å². The molecule has 9 nitrogen and oxygen atoms in total. The van der Waals surface area contributed by atoms with E-state index in [4.69, 9.17) is 37.4 Å². The first-order valence-electron chi connectivity index (χ1n) is 10.3. The molecule has 0 saturated carbocycles. The van der Waals surface area contributed by atoms with E-state index in [2.05, 4.69) is 10.5 Å². The first-order chi connectivity index (χ1) is 16.8. The Morgan fingerprint density at radius 3 is 2.51 bits per heavy atom. The first-order valence-corrected chi connectivity index (χ1v) is 11.0. The highest BCUT2D eigenvalue weighted by molar-refractivity contribution is 6.35. The van der Waals surface area contributed by atoms with E-state index in [9.17, 15) is 14.9 Å². The van der Waals surface area contributed by atoms with E-state index in [1.165, 1.54) is 38.3 Å². The summed E-state index contributed by atoms with van der Waals surface area (Å²) < 4.78 is 16.6.